The molecule has 1 aliphatic rings. The highest BCUT2D eigenvalue weighted by Crippen LogP contribution is 2.27. The van der Waals surface area contributed by atoms with Crippen LogP contribution in [0.1, 0.15) is 12.8 Å². The molecule has 1 unspecified atom stereocenters. The Morgan fingerprint density at radius 2 is 2.00 bits per heavy atom. The molecule has 1 atom stereocenters. The quantitative estimate of drug-likeness (QED) is 0.833. The average molecular weight is 263 g/mol. The largest absolute Gasteiger partial charge is 0.381 e. The van der Waals surface area contributed by atoms with E-state index < -0.39 is 10.8 Å². The van der Waals surface area contributed by atoms with Crippen molar-refractivity contribution in [1.82, 2.24) is 4.57 Å². The van der Waals surface area contributed by atoms with E-state index in [1.807, 2.05) is 25.4 Å². The normalized spacial score (nSPS) is 19.2. The molecule has 1 aromatic heterocycles. The van der Waals surface area contributed by atoms with E-state index in [1.54, 1.807) is 0 Å². The minimum absolute atomic E-state index is 0.240. The third-order valence-electron chi connectivity index (χ3n) is 3.55. The number of hydrogen-bond donors (Lipinski definition) is 0. The van der Waals surface area contributed by atoms with Crippen LogP contribution < -0.4 is 0 Å². The molecule has 2 aromatic rings. The second-order valence-corrected chi connectivity index (χ2v) is 6.43. The van der Waals surface area contributed by atoms with Crippen LogP contribution in [0.25, 0.3) is 10.9 Å². The lowest BCUT2D eigenvalue weighted by Crippen LogP contribution is -2.24. The average Bonchev–Trinajstić information content (AvgIpc) is 2.77. The highest BCUT2D eigenvalue weighted by atomic mass is 32.2. The van der Waals surface area contributed by atoms with Gasteiger partial charge < -0.3 is 9.30 Å². The van der Waals surface area contributed by atoms with E-state index in [9.17, 15) is 4.21 Å². The maximum atomic E-state index is 12.7. The summed E-state index contributed by atoms with van der Waals surface area (Å²) in [5.74, 6) is 0. The predicted octanol–water partition coefficient (Wildman–Crippen LogP) is 2.46. The summed E-state index contributed by atoms with van der Waals surface area (Å²) in [6.07, 6.45) is 3.81. The van der Waals surface area contributed by atoms with E-state index in [1.165, 1.54) is 0 Å². The highest BCUT2D eigenvalue weighted by molar-refractivity contribution is 7.86. The summed E-state index contributed by atoms with van der Waals surface area (Å²) in [4.78, 5) is 0.972. The smallest absolute Gasteiger partial charge is 0.0646 e. The number of aromatic nitrogens is 1. The second kappa shape index (κ2) is 4.86. The first-order valence-electron chi connectivity index (χ1n) is 6.30. The van der Waals surface area contributed by atoms with Crippen LogP contribution >= 0.6 is 0 Å². The molecule has 0 saturated carbocycles. The van der Waals surface area contributed by atoms with Crippen molar-refractivity contribution in [3.05, 3.63) is 30.5 Å². The molecule has 3 rings (SSSR count). The molecule has 3 nitrogen and oxygen atoms in total. The zero-order valence-electron chi connectivity index (χ0n) is 10.5. The maximum absolute atomic E-state index is 12.7. The van der Waals surface area contributed by atoms with Gasteiger partial charge in [0.05, 0.1) is 15.7 Å². The Balaban J connectivity index is 2.00. The van der Waals surface area contributed by atoms with Crippen LogP contribution in [0.3, 0.4) is 0 Å². The molecule has 0 aliphatic carbocycles. The minimum Gasteiger partial charge on any atom is -0.381 e. The number of ether oxygens (including phenoxy) is 1. The molecule has 96 valence electrons. The molecular weight excluding hydrogens is 246 g/mol. The summed E-state index contributed by atoms with van der Waals surface area (Å²) in [7, 11) is 1.08. The molecule has 0 amide bonds. The summed E-state index contributed by atoms with van der Waals surface area (Å²) in [6.45, 7) is 1.47. The van der Waals surface area contributed by atoms with Gasteiger partial charge in [0.25, 0.3) is 0 Å². The lowest BCUT2D eigenvalue weighted by atomic mass is 10.2. The third-order valence-corrected chi connectivity index (χ3v) is 5.38. The van der Waals surface area contributed by atoms with E-state index in [-0.39, 0.29) is 5.25 Å². The predicted molar refractivity (Wildman–Crippen MR) is 73.2 cm³/mol. The lowest BCUT2D eigenvalue weighted by molar-refractivity contribution is 0.0992. The molecule has 2 heterocycles. The molecule has 0 N–H and O–H groups in total. The fraction of sp³-hybridized carbons (Fsp3) is 0.429. The summed E-state index contributed by atoms with van der Waals surface area (Å²) >= 11 is 0. The van der Waals surface area contributed by atoms with Gasteiger partial charge >= 0.3 is 0 Å². The van der Waals surface area contributed by atoms with Gasteiger partial charge in [0.2, 0.25) is 0 Å². The summed E-state index contributed by atoms with van der Waals surface area (Å²) < 4.78 is 20.1. The topological polar surface area (TPSA) is 31.2 Å². The SMILES string of the molecule is Cn1cc(S(=O)C2CCOCC2)c2ccccc21. The van der Waals surface area contributed by atoms with Crippen molar-refractivity contribution in [3.8, 4) is 0 Å². The van der Waals surface area contributed by atoms with Gasteiger partial charge in [-0.05, 0) is 18.9 Å². The van der Waals surface area contributed by atoms with Gasteiger partial charge in [-0.2, -0.15) is 0 Å². The summed E-state index contributed by atoms with van der Waals surface area (Å²) in [5.41, 5.74) is 1.15. The first-order chi connectivity index (χ1) is 8.77. The van der Waals surface area contributed by atoms with Gasteiger partial charge in [-0.25, -0.2) is 0 Å². The number of nitrogens with zero attached hydrogens (tertiary/aromatic N) is 1. The van der Waals surface area contributed by atoms with Crippen LogP contribution in [0.2, 0.25) is 0 Å². The molecule has 4 heteroatoms. The Morgan fingerprint density at radius 3 is 2.78 bits per heavy atom. The van der Waals surface area contributed by atoms with Crippen molar-refractivity contribution in [2.45, 2.75) is 23.0 Å². The van der Waals surface area contributed by atoms with Crippen molar-refractivity contribution in [2.24, 2.45) is 7.05 Å². The van der Waals surface area contributed by atoms with Crippen molar-refractivity contribution in [3.63, 3.8) is 0 Å². The number of para-hydroxylation sites is 1. The molecule has 1 saturated heterocycles. The zero-order chi connectivity index (χ0) is 12.5. The first kappa shape index (κ1) is 11.9. The van der Waals surface area contributed by atoms with Crippen LogP contribution in [0.5, 0.6) is 0 Å². The number of aryl methyl sites for hydroxylation is 1. The molecule has 0 bridgehead atoms. The van der Waals surface area contributed by atoms with Gasteiger partial charge in [-0.15, -0.1) is 0 Å². The van der Waals surface area contributed by atoms with Crippen LogP contribution in [0.4, 0.5) is 0 Å². The number of hydrogen-bond acceptors (Lipinski definition) is 2. The van der Waals surface area contributed by atoms with E-state index >= 15 is 0 Å². The third kappa shape index (κ3) is 1.99. The van der Waals surface area contributed by atoms with E-state index in [4.69, 9.17) is 4.74 Å². The Morgan fingerprint density at radius 1 is 1.28 bits per heavy atom. The Kier molecular flexibility index (Phi) is 3.22. The second-order valence-electron chi connectivity index (χ2n) is 4.73. The maximum Gasteiger partial charge on any atom is 0.0646 e. The fourth-order valence-electron chi connectivity index (χ4n) is 2.53. The Bertz CT molecular complexity index is 584. The zero-order valence-corrected chi connectivity index (χ0v) is 11.3. The van der Waals surface area contributed by atoms with Crippen LogP contribution in [0.15, 0.2) is 35.4 Å². The van der Waals surface area contributed by atoms with Crippen LogP contribution in [0, 0.1) is 0 Å². The number of benzene rings is 1. The van der Waals surface area contributed by atoms with E-state index in [0.29, 0.717) is 0 Å². The molecule has 18 heavy (non-hydrogen) atoms. The van der Waals surface area contributed by atoms with Gasteiger partial charge in [0.15, 0.2) is 0 Å². The van der Waals surface area contributed by atoms with Crippen LogP contribution in [-0.4, -0.2) is 27.2 Å². The molecular formula is C14H17NO2S. The fourth-order valence-corrected chi connectivity index (χ4v) is 4.17. The highest BCUT2D eigenvalue weighted by Gasteiger charge is 2.23. The number of fused-ring (bicyclic) bond motifs is 1. The van der Waals surface area contributed by atoms with Crippen molar-refractivity contribution < 1.29 is 8.95 Å². The summed E-state index contributed by atoms with van der Waals surface area (Å²) in [6, 6.07) is 8.15. The van der Waals surface area contributed by atoms with E-state index in [0.717, 1.165) is 41.9 Å². The van der Waals surface area contributed by atoms with Gasteiger partial charge in [0, 0.05) is 42.6 Å². The molecule has 1 fully saturated rings. The van der Waals surface area contributed by atoms with Crippen molar-refractivity contribution in [2.75, 3.05) is 13.2 Å². The standard InChI is InChI=1S/C14H17NO2S/c1-15-10-14(12-4-2-3-5-13(12)15)18(16)11-6-8-17-9-7-11/h2-5,10-11H,6-9H2,1H3. The molecule has 1 aliphatic heterocycles. The molecule has 1 aromatic carbocycles. The monoisotopic (exact) mass is 263 g/mol. The molecule has 0 spiro atoms. The van der Waals surface area contributed by atoms with Crippen molar-refractivity contribution >= 4 is 21.7 Å². The van der Waals surface area contributed by atoms with Gasteiger partial charge in [0.1, 0.15) is 0 Å². The first-order valence-corrected chi connectivity index (χ1v) is 7.51. The Labute approximate surface area is 109 Å². The van der Waals surface area contributed by atoms with Crippen molar-refractivity contribution in [1.29, 1.82) is 0 Å². The van der Waals surface area contributed by atoms with Gasteiger partial charge in [-0.3, -0.25) is 4.21 Å². The van der Waals surface area contributed by atoms with E-state index in [2.05, 4.69) is 16.7 Å². The lowest BCUT2D eigenvalue weighted by Gasteiger charge is -2.21. The molecule has 0 radical (unpaired) electrons. The van der Waals surface area contributed by atoms with Crippen LogP contribution in [-0.2, 0) is 22.6 Å². The Hall–Kier alpha value is -1.13. The van der Waals surface area contributed by atoms with Gasteiger partial charge in [-0.1, -0.05) is 18.2 Å². The summed E-state index contributed by atoms with van der Waals surface area (Å²) in [5, 5.41) is 1.36. The minimum atomic E-state index is -0.924. The number of rotatable bonds is 2.